The fourth-order valence-corrected chi connectivity index (χ4v) is 2.33. The normalized spacial score (nSPS) is 21.0. The Hall–Kier alpha value is -1.18. The van der Waals surface area contributed by atoms with Gasteiger partial charge in [0.15, 0.2) is 0 Å². The maximum Gasteiger partial charge on any atom is 0.290 e. The Bertz CT molecular complexity index is 399. The van der Waals surface area contributed by atoms with Gasteiger partial charge in [-0.05, 0) is 58.0 Å². The topological polar surface area (TPSA) is 90.8 Å². The molecule has 1 aromatic rings. The second kappa shape index (κ2) is 16.3. The van der Waals surface area contributed by atoms with Gasteiger partial charge in [0, 0.05) is 18.2 Å². The Labute approximate surface area is 155 Å². The van der Waals surface area contributed by atoms with Crippen LogP contribution in [-0.2, 0) is 9.53 Å². The van der Waals surface area contributed by atoms with Crippen molar-refractivity contribution in [2.24, 2.45) is 5.92 Å². The van der Waals surface area contributed by atoms with Crippen molar-refractivity contribution in [3.63, 3.8) is 0 Å². The van der Waals surface area contributed by atoms with Gasteiger partial charge in [0.25, 0.3) is 6.47 Å². The van der Waals surface area contributed by atoms with Crippen molar-refractivity contribution < 1.29 is 19.7 Å². The molecule has 0 spiro atoms. The molecule has 0 aromatic heterocycles. The van der Waals surface area contributed by atoms with E-state index in [0.29, 0.717) is 0 Å². The van der Waals surface area contributed by atoms with Gasteiger partial charge in [0.05, 0.1) is 12.7 Å². The van der Waals surface area contributed by atoms with Crippen LogP contribution in [0.15, 0.2) is 24.3 Å². The third-order valence-corrected chi connectivity index (χ3v) is 3.81. The van der Waals surface area contributed by atoms with Crippen LogP contribution in [0.5, 0.6) is 0 Å². The molecule has 0 aliphatic carbocycles. The van der Waals surface area contributed by atoms with E-state index in [1.165, 1.54) is 12.0 Å². The molecular weight excluding hydrogens is 344 g/mol. The Balaban J connectivity index is 0.000000323. The largest absolute Gasteiger partial charge is 0.483 e. The van der Waals surface area contributed by atoms with Crippen LogP contribution < -0.4 is 10.6 Å². The van der Waals surface area contributed by atoms with Crippen molar-refractivity contribution in [2.45, 2.75) is 25.9 Å². The minimum absolute atomic E-state index is 0.0648. The van der Waals surface area contributed by atoms with Crippen LogP contribution in [0.4, 0.5) is 0 Å². The van der Waals surface area contributed by atoms with Gasteiger partial charge in [0.2, 0.25) is 0 Å². The number of carboxylic acid groups (broad SMARTS) is 1. The van der Waals surface area contributed by atoms with Gasteiger partial charge in [-0.2, -0.15) is 0 Å². The van der Waals surface area contributed by atoms with Crippen LogP contribution in [0, 0.1) is 12.8 Å². The number of nitrogens with one attached hydrogen (secondary N) is 2. The summed E-state index contributed by atoms with van der Waals surface area (Å²) in [5.41, 5.74) is 1.24. The number of aliphatic hydroxyl groups excluding tert-OH is 1. The first-order chi connectivity index (χ1) is 12.0. The number of hydrogen-bond acceptors (Lipinski definition) is 5. The molecule has 0 radical (unpaired) electrons. The fourth-order valence-electron chi connectivity index (χ4n) is 2.21. The molecule has 2 aliphatic rings. The van der Waals surface area contributed by atoms with Crippen molar-refractivity contribution in [3.8, 4) is 0 Å². The maximum atomic E-state index is 8.67. The summed E-state index contributed by atoms with van der Waals surface area (Å²) in [6.45, 7) is 6.60. The Morgan fingerprint density at radius 1 is 1.36 bits per heavy atom. The number of aliphatic hydroxyl groups is 1. The summed E-state index contributed by atoms with van der Waals surface area (Å²) in [4.78, 5) is 8.36. The van der Waals surface area contributed by atoms with E-state index in [0.717, 1.165) is 50.2 Å². The monoisotopic (exact) mass is 374 g/mol. The summed E-state index contributed by atoms with van der Waals surface area (Å²) in [6, 6.07) is 7.75. The zero-order chi connectivity index (χ0) is 18.9. The lowest BCUT2D eigenvalue weighted by atomic mass is 10.1. The van der Waals surface area contributed by atoms with Crippen molar-refractivity contribution in [2.75, 3.05) is 39.9 Å². The number of rotatable bonds is 2. The van der Waals surface area contributed by atoms with Gasteiger partial charge in [-0.15, -0.1) is 0 Å². The van der Waals surface area contributed by atoms with E-state index in [1.807, 2.05) is 38.2 Å². The van der Waals surface area contributed by atoms with Crippen LogP contribution in [0.1, 0.15) is 18.4 Å². The van der Waals surface area contributed by atoms with Crippen LogP contribution in [0.3, 0.4) is 0 Å². The first-order valence-corrected chi connectivity index (χ1v) is 8.82. The predicted octanol–water partition coefficient (Wildman–Crippen LogP) is 1.93. The van der Waals surface area contributed by atoms with Crippen molar-refractivity contribution in [3.05, 3.63) is 34.9 Å². The number of benzene rings is 1. The van der Waals surface area contributed by atoms with E-state index in [9.17, 15) is 0 Å². The Morgan fingerprint density at radius 3 is 2.32 bits per heavy atom. The highest BCUT2D eigenvalue weighted by Crippen LogP contribution is 2.09. The molecule has 25 heavy (non-hydrogen) atoms. The Morgan fingerprint density at radius 2 is 2.00 bits per heavy atom. The second-order valence-corrected chi connectivity index (χ2v) is 6.27. The van der Waals surface area contributed by atoms with Crippen LogP contribution in [0.25, 0.3) is 0 Å². The van der Waals surface area contributed by atoms with Gasteiger partial charge < -0.3 is 25.6 Å². The molecular formula is C18H31ClN2O4. The second-order valence-electron chi connectivity index (χ2n) is 5.83. The number of β-amino-alcohol motifs (C(OH)–C–C–N with tert-alkyl or cyclic N) is 1. The predicted molar refractivity (Wildman–Crippen MR) is 101 cm³/mol. The van der Waals surface area contributed by atoms with E-state index in [1.54, 1.807) is 0 Å². The van der Waals surface area contributed by atoms with Gasteiger partial charge in [0.1, 0.15) is 0 Å². The molecule has 7 heteroatoms. The van der Waals surface area contributed by atoms with E-state index in [4.69, 9.17) is 31.3 Å². The number of ether oxygens (including phenoxy) is 1. The summed E-state index contributed by atoms with van der Waals surface area (Å²) in [5.74, 6) is 0.778. The molecule has 2 fully saturated rings. The molecule has 6 nitrogen and oxygen atoms in total. The van der Waals surface area contributed by atoms with Gasteiger partial charge in [-0.1, -0.05) is 29.3 Å². The standard InChI is InChI=1S/C7H7Cl.C6H13NO.C4H9NO.CH2O2/c1-6-2-4-7(8)5-3-6;1-7-4-6-2-3-8-5-6;6-4-1-2-5-3-4;2-1-3/h2-5H,1H3;6-7H,2-5H2,1H3;4-6H,1-3H2;1H,(H,2,3). The van der Waals surface area contributed by atoms with E-state index in [2.05, 4.69) is 10.6 Å². The number of hydrogen-bond donors (Lipinski definition) is 4. The molecule has 2 aliphatic heterocycles. The molecule has 4 N–H and O–H groups in total. The zero-order valence-electron chi connectivity index (χ0n) is 15.1. The lowest BCUT2D eigenvalue weighted by Crippen LogP contribution is -2.18. The number of carbonyl (C=O) groups is 1. The summed E-state index contributed by atoms with van der Waals surface area (Å²) in [5, 5.41) is 22.5. The minimum Gasteiger partial charge on any atom is -0.483 e. The first kappa shape index (κ1) is 23.8. The SMILES string of the molecule is CNCC1CCOC1.Cc1ccc(Cl)cc1.O=CO.OC1CCNC1. The molecule has 2 unspecified atom stereocenters. The molecule has 1 aromatic carbocycles. The maximum absolute atomic E-state index is 8.67. The van der Waals surface area contributed by atoms with Gasteiger partial charge in [-0.3, -0.25) is 4.79 Å². The molecule has 2 heterocycles. The van der Waals surface area contributed by atoms with Crippen molar-refractivity contribution in [1.29, 1.82) is 0 Å². The average Bonchev–Trinajstić information content (AvgIpc) is 3.27. The van der Waals surface area contributed by atoms with Crippen LogP contribution >= 0.6 is 11.6 Å². The highest BCUT2D eigenvalue weighted by Gasteiger charge is 2.13. The zero-order valence-corrected chi connectivity index (χ0v) is 15.8. The fraction of sp³-hybridized carbons (Fsp3) is 0.611. The average molecular weight is 375 g/mol. The first-order valence-electron chi connectivity index (χ1n) is 8.44. The van der Waals surface area contributed by atoms with Crippen molar-refractivity contribution >= 4 is 18.1 Å². The van der Waals surface area contributed by atoms with E-state index in [-0.39, 0.29) is 12.6 Å². The molecule has 2 saturated heterocycles. The van der Waals surface area contributed by atoms with Crippen LogP contribution in [-0.4, -0.2) is 62.7 Å². The smallest absolute Gasteiger partial charge is 0.290 e. The quantitative estimate of drug-likeness (QED) is 0.591. The summed E-state index contributed by atoms with van der Waals surface area (Å²) in [7, 11) is 1.98. The summed E-state index contributed by atoms with van der Waals surface area (Å²) < 4.78 is 5.17. The van der Waals surface area contributed by atoms with Gasteiger partial charge >= 0.3 is 0 Å². The van der Waals surface area contributed by atoms with Crippen LogP contribution in [0.2, 0.25) is 5.02 Å². The minimum atomic E-state index is -0.250. The molecule has 2 atom stereocenters. The lowest BCUT2D eigenvalue weighted by molar-refractivity contribution is -0.122. The summed E-state index contributed by atoms with van der Waals surface area (Å²) in [6.07, 6.45) is 2.10. The highest BCUT2D eigenvalue weighted by molar-refractivity contribution is 6.30. The number of aryl methyl sites for hydroxylation is 1. The molecule has 144 valence electrons. The van der Waals surface area contributed by atoms with Gasteiger partial charge in [-0.25, -0.2) is 0 Å². The third-order valence-electron chi connectivity index (χ3n) is 3.56. The molecule has 0 saturated carbocycles. The number of halogens is 1. The summed E-state index contributed by atoms with van der Waals surface area (Å²) >= 11 is 5.61. The van der Waals surface area contributed by atoms with Crippen molar-refractivity contribution in [1.82, 2.24) is 10.6 Å². The molecule has 0 amide bonds. The van der Waals surface area contributed by atoms with E-state index < -0.39 is 0 Å². The highest BCUT2D eigenvalue weighted by atomic mass is 35.5. The Kier molecular flexibility index (Phi) is 15.5. The molecule has 0 bridgehead atoms. The lowest BCUT2D eigenvalue weighted by Gasteiger charge is -2.03. The third kappa shape index (κ3) is 14.8. The molecule has 3 rings (SSSR count). The van der Waals surface area contributed by atoms with E-state index >= 15 is 0 Å².